The van der Waals surface area contributed by atoms with Crippen LogP contribution in [0.5, 0.6) is 5.75 Å². The van der Waals surface area contributed by atoms with Gasteiger partial charge in [-0.2, -0.15) is 10.4 Å². The van der Waals surface area contributed by atoms with Gasteiger partial charge in [-0.05, 0) is 62.6 Å². The number of carbonyl (C=O) groups excluding carboxylic acids is 1. The molecular weight excluding hydrogens is 416 g/mol. The molecule has 7 nitrogen and oxygen atoms in total. The maximum absolute atomic E-state index is 11.9. The lowest BCUT2D eigenvalue weighted by atomic mass is 9.92. The molecular formula is C26H28N4O3. The fourth-order valence-corrected chi connectivity index (χ4v) is 4.19. The van der Waals surface area contributed by atoms with Gasteiger partial charge in [0.15, 0.2) is 0 Å². The number of nitriles is 1. The van der Waals surface area contributed by atoms with Crippen molar-refractivity contribution in [3.63, 3.8) is 0 Å². The van der Waals surface area contributed by atoms with Crippen LogP contribution in [-0.2, 0) is 22.5 Å². The van der Waals surface area contributed by atoms with Crippen LogP contribution in [0.3, 0.4) is 0 Å². The van der Waals surface area contributed by atoms with Crippen molar-refractivity contribution >= 4 is 5.97 Å². The number of rotatable bonds is 7. The summed E-state index contributed by atoms with van der Waals surface area (Å²) in [6, 6.07) is 16.0. The zero-order valence-electron chi connectivity index (χ0n) is 19.2. The quantitative estimate of drug-likeness (QED) is 0.546. The summed E-state index contributed by atoms with van der Waals surface area (Å²) in [5.74, 6) is 0.397. The SMILES string of the molecule is CCOC(=O)CN1CCc2c(cccc2-c2cc(-c3ccc(OC(C)C)c(C#N)c3)n[nH]2)C1. The lowest BCUT2D eigenvalue weighted by Crippen LogP contribution is -2.35. The molecule has 0 amide bonds. The molecule has 33 heavy (non-hydrogen) atoms. The first-order valence-electron chi connectivity index (χ1n) is 11.2. The van der Waals surface area contributed by atoms with Gasteiger partial charge in [-0.1, -0.05) is 18.2 Å². The minimum Gasteiger partial charge on any atom is -0.490 e. The van der Waals surface area contributed by atoms with Crippen molar-refractivity contribution in [3.05, 3.63) is 59.2 Å². The predicted octanol–water partition coefficient (Wildman–Crippen LogP) is 4.32. The molecule has 1 aliphatic rings. The van der Waals surface area contributed by atoms with Crippen LogP contribution in [0.25, 0.3) is 22.5 Å². The molecule has 0 saturated carbocycles. The number of esters is 1. The van der Waals surface area contributed by atoms with E-state index in [9.17, 15) is 10.1 Å². The molecule has 2 heterocycles. The lowest BCUT2D eigenvalue weighted by molar-refractivity contribution is -0.144. The molecule has 7 heteroatoms. The molecule has 1 N–H and O–H groups in total. The summed E-state index contributed by atoms with van der Waals surface area (Å²) >= 11 is 0. The largest absolute Gasteiger partial charge is 0.490 e. The Morgan fingerprint density at radius 3 is 2.88 bits per heavy atom. The van der Waals surface area contributed by atoms with E-state index in [2.05, 4.69) is 33.3 Å². The summed E-state index contributed by atoms with van der Waals surface area (Å²) in [7, 11) is 0. The van der Waals surface area contributed by atoms with Gasteiger partial charge in [-0.25, -0.2) is 0 Å². The summed E-state index contributed by atoms with van der Waals surface area (Å²) in [6.45, 7) is 7.92. The molecule has 0 bridgehead atoms. The Balaban J connectivity index is 1.57. The highest BCUT2D eigenvalue weighted by atomic mass is 16.5. The van der Waals surface area contributed by atoms with E-state index in [0.717, 1.165) is 35.5 Å². The number of hydrogen-bond acceptors (Lipinski definition) is 6. The van der Waals surface area contributed by atoms with Gasteiger partial charge in [0, 0.05) is 24.2 Å². The van der Waals surface area contributed by atoms with Gasteiger partial charge in [0.2, 0.25) is 0 Å². The smallest absolute Gasteiger partial charge is 0.320 e. The van der Waals surface area contributed by atoms with Crippen molar-refractivity contribution in [1.82, 2.24) is 15.1 Å². The third-order valence-corrected chi connectivity index (χ3v) is 5.63. The van der Waals surface area contributed by atoms with Gasteiger partial charge in [0.1, 0.15) is 11.8 Å². The van der Waals surface area contributed by atoms with Crippen LogP contribution in [-0.4, -0.2) is 46.9 Å². The van der Waals surface area contributed by atoms with E-state index in [4.69, 9.17) is 9.47 Å². The molecule has 0 spiro atoms. The summed E-state index contributed by atoms with van der Waals surface area (Å²) in [6.07, 6.45) is 0.844. The molecule has 0 aliphatic carbocycles. The van der Waals surface area contributed by atoms with E-state index in [1.54, 1.807) is 0 Å². The molecule has 0 fully saturated rings. The van der Waals surface area contributed by atoms with Gasteiger partial charge >= 0.3 is 5.97 Å². The normalized spacial score (nSPS) is 13.4. The Kier molecular flexibility index (Phi) is 6.76. The van der Waals surface area contributed by atoms with Crippen molar-refractivity contribution in [3.8, 4) is 34.3 Å². The minimum atomic E-state index is -0.183. The van der Waals surface area contributed by atoms with Crippen LogP contribution in [0.1, 0.15) is 37.5 Å². The second kappa shape index (κ2) is 9.88. The van der Waals surface area contributed by atoms with Crippen LogP contribution >= 0.6 is 0 Å². The van der Waals surface area contributed by atoms with E-state index >= 15 is 0 Å². The van der Waals surface area contributed by atoms with Gasteiger partial charge in [-0.15, -0.1) is 0 Å². The number of aromatic nitrogens is 2. The standard InChI is InChI=1S/C26H28N4O3/c1-4-32-26(31)16-30-11-10-21-19(15-30)6-5-7-22(21)24-13-23(28-29-24)18-8-9-25(33-17(2)3)20(12-18)14-27/h5-9,12-13,17H,4,10-11,15-16H2,1-3H3,(H,28,29). The summed E-state index contributed by atoms with van der Waals surface area (Å²) in [5.41, 5.74) is 6.64. The maximum Gasteiger partial charge on any atom is 0.320 e. The van der Waals surface area contributed by atoms with Crippen LogP contribution in [0, 0.1) is 11.3 Å². The molecule has 0 atom stereocenters. The number of fused-ring (bicyclic) bond motifs is 1. The Hall–Kier alpha value is -3.63. The lowest BCUT2D eigenvalue weighted by Gasteiger charge is -2.29. The van der Waals surface area contributed by atoms with E-state index < -0.39 is 0 Å². The van der Waals surface area contributed by atoms with E-state index in [1.165, 1.54) is 11.1 Å². The zero-order chi connectivity index (χ0) is 23.4. The molecule has 3 aromatic rings. The monoisotopic (exact) mass is 444 g/mol. The summed E-state index contributed by atoms with van der Waals surface area (Å²) in [5, 5.41) is 17.2. The first kappa shape index (κ1) is 22.6. The molecule has 1 aliphatic heterocycles. The van der Waals surface area contributed by atoms with Crippen LogP contribution in [0.4, 0.5) is 0 Å². The number of hydrogen-bond donors (Lipinski definition) is 1. The van der Waals surface area contributed by atoms with E-state index in [1.807, 2.05) is 51.1 Å². The van der Waals surface area contributed by atoms with Gasteiger partial charge < -0.3 is 9.47 Å². The topological polar surface area (TPSA) is 91.2 Å². The Labute approximate surface area is 193 Å². The van der Waals surface area contributed by atoms with Crippen LogP contribution < -0.4 is 4.74 Å². The van der Waals surface area contributed by atoms with Crippen molar-refractivity contribution in [1.29, 1.82) is 5.26 Å². The molecule has 2 aromatic carbocycles. The van der Waals surface area contributed by atoms with Gasteiger partial charge in [0.05, 0.1) is 36.2 Å². The number of ether oxygens (including phenoxy) is 2. The first-order chi connectivity index (χ1) is 16.0. The first-order valence-corrected chi connectivity index (χ1v) is 11.2. The fourth-order valence-electron chi connectivity index (χ4n) is 4.19. The predicted molar refractivity (Wildman–Crippen MR) is 126 cm³/mol. The Bertz CT molecular complexity index is 1190. The van der Waals surface area contributed by atoms with Crippen LogP contribution in [0.15, 0.2) is 42.5 Å². The van der Waals surface area contributed by atoms with Crippen molar-refractivity contribution in [2.45, 2.75) is 39.8 Å². The van der Waals surface area contributed by atoms with Crippen molar-refractivity contribution in [2.75, 3.05) is 19.7 Å². The molecule has 4 rings (SSSR count). The van der Waals surface area contributed by atoms with E-state index in [0.29, 0.717) is 31.0 Å². The second-order valence-electron chi connectivity index (χ2n) is 8.37. The average Bonchev–Trinajstić information content (AvgIpc) is 3.28. The van der Waals surface area contributed by atoms with E-state index in [-0.39, 0.29) is 12.1 Å². The molecule has 1 aromatic heterocycles. The zero-order valence-corrected chi connectivity index (χ0v) is 19.2. The summed E-state index contributed by atoms with van der Waals surface area (Å²) in [4.78, 5) is 14.0. The number of benzene rings is 2. The molecule has 0 unspecified atom stereocenters. The van der Waals surface area contributed by atoms with Crippen LogP contribution in [0.2, 0.25) is 0 Å². The number of H-pyrrole nitrogens is 1. The third kappa shape index (κ3) is 5.07. The highest BCUT2D eigenvalue weighted by Crippen LogP contribution is 2.32. The number of carbonyl (C=O) groups is 1. The number of aromatic amines is 1. The third-order valence-electron chi connectivity index (χ3n) is 5.63. The highest BCUT2D eigenvalue weighted by Gasteiger charge is 2.22. The summed E-state index contributed by atoms with van der Waals surface area (Å²) < 4.78 is 10.8. The van der Waals surface area contributed by atoms with Crippen molar-refractivity contribution < 1.29 is 14.3 Å². The number of nitrogens with one attached hydrogen (secondary N) is 1. The molecule has 170 valence electrons. The molecule has 0 radical (unpaired) electrons. The maximum atomic E-state index is 11.9. The second-order valence-corrected chi connectivity index (χ2v) is 8.37. The molecule has 0 saturated heterocycles. The number of nitrogens with zero attached hydrogens (tertiary/aromatic N) is 3. The Morgan fingerprint density at radius 1 is 1.27 bits per heavy atom. The van der Waals surface area contributed by atoms with Gasteiger partial charge in [0.25, 0.3) is 0 Å². The average molecular weight is 445 g/mol. The Morgan fingerprint density at radius 2 is 2.12 bits per heavy atom. The highest BCUT2D eigenvalue weighted by molar-refractivity contribution is 5.73. The van der Waals surface area contributed by atoms with Gasteiger partial charge in [-0.3, -0.25) is 14.8 Å². The van der Waals surface area contributed by atoms with Crippen molar-refractivity contribution in [2.24, 2.45) is 0 Å². The minimum absolute atomic E-state index is 0.00240. The fraction of sp³-hybridized carbons (Fsp3) is 0.346.